The number of aliphatic hydroxyl groups excluding tert-OH is 2. The van der Waals surface area contributed by atoms with Gasteiger partial charge in [-0.05, 0) is 48.7 Å². The van der Waals surface area contributed by atoms with Crippen LogP contribution in [0.25, 0.3) is 0 Å². The van der Waals surface area contributed by atoms with Crippen LogP contribution >= 0.6 is 11.6 Å². The summed E-state index contributed by atoms with van der Waals surface area (Å²) in [5.74, 6) is 0.654. The molecule has 2 N–H and O–H groups in total. The Kier molecular flexibility index (Phi) is 7.08. The molecule has 3 fully saturated rings. The number of hydrogen-bond donors (Lipinski definition) is 2. The third-order valence-electron chi connectivity index (χ3n) is 6.68. The van der Waals surface area contributed by atoms with Crippen molar-refractivity contribution >= 4 is 11.6 Å². The summed E-state index contributed by atoms with van der Waals surface area (Å²) in [6.45, 7) is 6.81. The normalized spacial score (nSPS) is 28.9. The molecule has 8 heteroatoms. The predicted octanol–water partition coefficient (Wildman–Crippen LogP) is 3.96. The molecule has 1 saturated carbocycles. The van der Waals surface area contributed by atoms with E-state index in [1.807, 2.05) is 37.3 Å². The highest BCUT2D eigenvalue weighted by molar-refractivity contribution is 6.31. The first kappa shape index (κ1) is 24.6. The minimum atomic E-state index is -1.21. The quantitative estimate of drug-likeness (QED) is 0.528. The Bertz CT molecular complexity index is 1050. The van der Waals surface area contributed by atoms with Crippen LogP contribution in [-0.2, 0) is 20.6 Å². The highest BCUT2D eigenvalue weighted by Crippen LogP contribution is 2.49. The van der Waals surface area contributed by atoms with Gasteiger partial charge >= 0.3 is 0 Å². The second-order valence-corrected chi connectivity index (χ2v) is 9.62. The van der Waals surface area contributed by atoms with Gasteiger partial charge in [0.1, 0.15) is 48.6 Å². The maximum atomic E-state index is 11.1. The van der Waals surface area contributed by atoms with Crippen LogP contribution < -0.4 is 9.47 Å². The zero-order valence-corrected chi connectivity index (χ0v) is 20.4. The van der Waals surface area contributed by atoms with E-state index in [1.54, 1.807) is 12.1 Å². The summed E-state index contributed by atoms with van der Waals surface area (Å²) in [7, 11) is 0. The molecule has 2 aromatic rings. The van der Waals surface area contributed by atoms with Crippen LogP contribution in [0.5, 0.6) is 11.5 Å². The van der Waals surface area contributed by atoms with E-state index in [4.69, 9.17) is 35.3 Å². The average Bonchev–Trinajstić information content (AvgIpc) is 3.62. The Morgan fingerprint density at radius 1 is 1.14 bits per heavy atom. The van der Waals surface area contributed by atoms with E-state index >= 15 is 0 Å². The van der Waals surface area contributed by atoms with Gasteiger partial charge in [0.25, 0.3) is 0 Å². The highest BCUT2D eigenvalue weighted by atomic mass is 35.5. The lowest BCUT2D eigenvalue weighted by Gasteiger charge is -2.47. The summed E-state index contributed by atoms with van der Waals surface area (Å²) in [6.07, 6.45) is -0.579. The number of benzene rings is 2. The lowest BCUT2D eigenvalue weighted by atomic mass is 9.89. The van der Waals surface area contributed by atoms with E-state index in [0.29, 0.717) is 36.0 Å². The summed E-state index contributed by atoms with van der Waals surface area (Å²) in [5, 5.41) is 22.6. The minimum Gasteiger partial charge on any atom is -0.494 e. The third-order valence-corrected chi connectivity index (χ3v) is 7.03. The number of fused-ring (bicyclic) bond motifs is 1. The van der Waals surface area contributed by atoms with Gasteiger partial charge in [0.2, 0.25) is 0 Å². The largest absolute Gasteiger partial charge is 0.494 e. The molecule has 0 aromatic heterocycles. The van der Waals surface area contributed by atoms with Crippen molar-refractivity contribution < 1.29 is 33.9 Å². The third kappa shape index (κ3) is 5.07. The first-order chi connectivity index (χ1) is 16.9. The van der Waals surface area contributed by atoms with E-state index in [0.717, 1.165) is 29.7 Å². The monoisotopic (exact) mass is 502 g/mol. The molecular formula is C27H31ClO7. The second kappa shape index (κ2) is 10.1. The lowest BCUT2D eigenvalue weighted by Crippen LogP contribution is -2.60. The van der Waals surface area contributed by atoms with Crippen molar-refractivity contribution in [3.63, 3.8) is 0 Å². The van der Waals surface area contributed by atoms with Crippen LogP contribution in [0.4, 0.5) is 0 Å². The van der Waals surface area contributed by atoms with Crippen molar-refractivity contribution in [3.05, 3.63) is 70.8 Å². The molecule has 2 aliphatic heterocycles. The summed E-state index contributed by atoms with van der Waals surface area (Å²) in [4.78, 5) is 0. The molecule has 0 radical (unpaired) electrons. The van der Waals surface area contributed by atoms with E-state index in [9.17, 15) is 10.2 Å². The fourth-order valence-corrected chi connectivity index (χ4v) is 4.92. The van der Waals surface area contributed by atoms with Crippen LogP contribution in [0.2, 0.25) is 5.02 Å². The van der Waals surface area contributed by atoms with Crippen molar-refractivity contribution in [1.82, 2.24) is 0 Å². The molecule has 0 bridgehead atoms. The molecule has 3 aliphatic rings. The van der Waals surface area contributed by atoms with Gasteiger partial charge in [0, 0.05) is 23.4 Å². The molecule has 35 heavy (non-hydrogen) atoms. The van der Waals surface area contributed by atoms with Crippen molar-refractivity contribution in [1.29, 1.82) is 0 Å². The molecule has 1 aliphatic carbocycles. The van der Waals surface area contributed by atoms with Gasteiger partial charge < -0.3 is 33.9 Å². The van der Waals surface area contributed by atoms with Gasteiger partial charge in [-0.2, -0.15) is 0 Å². The standard InChI is InChI=1S/C27H31ClO7/c1-3-11-32-21-14-20(28)17(12-16-5-7-18(8-6-16)31-4-2)13-19(21)25-23(29)24(30)26-22(34-25)15-33-27(35-26)9-10-27/h3,5-8,13-14,22-26,29-30H,1,4,9-12,15H2,2H3/t22-,23-,24-,25+,26-/m1/s1. The number of aliphatic hydroxyl groups is 2. The second-order valence-electron chi connectivity index (χ2n) is 9.22. The minimum absolute atomic E-state index is 0.258. The van der Waals surface area contributed by atoms with E-state index in [2.05, 4.69) is 6.58 Å². The molecule has 0 amide bonds. The molecule has 1 spiro atoms. The van der Waals surface area contributed by atoms with Gasteiger partial charge in [-0.1, -0.05) is 36.4 Å². The smallest absolute Gasteiger partial charge is 0.169 e. The topological polar surface area (TPSA) is 86.6 Å². The fraction of sp³-hybridized carbons (Fsp3) is 0.481. The number of rotatable bonds is 8. The van der Waals surface area contributed by atoms with Crippen LogP contribution in [0, 0.1) is 0 Å². The van der Waals surface area contributed by atoms with Gasteiger partial charge in [-0.25, -0.2) is 0 Å². The molecule has 5 atom stereocenters. The van der Waals surface area contributed by atoms with Gasteiger partial charge in [0.15, 0.2) is 5.79 Å². The first-order valence-corrected chi connectivity index (χ1v) is 12.4. The zero-order valence-electron chi connectivity index (χ0n) is 19.7. The SMILES string of the molecule is C=CCOc1cc(Cl)c(Cc2ccc(OCC)cc2)cc1[C@@H]1O[C@@H]2COC3(CC3)O[C@H]2[C@H](O)[C@H]1O. The fourth-order valence-electron chi connectivity index (χ4n) is 4.70. The molecule has 0 unspecified atom stereocenters. The Morgan fingerprint density at radius 3 is 2.60 bits per heavy atom. The van der Waals surface area contributed by atoms with Gasteiger partial charge in [-0.3, -0.25) is 0 Å². The van der Waals surface area contributed by atoms with Gasteiger partial charge in [-0.15, -0.1) is 0 Å². The van der Waals surface area contributed by atoms with Crippen molar-refractivity contribution in [2.45, 2.75) is 62.5 Å². The van der Waals surface area contributed by atoms with Crippen LogP contribution in [0.15, 0.2) is 49.1 Å². The molecule has 2 heterocycles. The van der Waals surface area contributed by atoms with Crippen LogP contribution in [0.1, 0.15) is 42.6 Å². The Balaban J connectivity index is 1.43. The summed E-state index contributed by atoms with van der Waals surface area (Å²) < 4.78 is 29.5. The zero-order chi connectivity index (χ0) is 24.6. The maximum Gasteiger partial charge on any atom is 0.169 e. The van der Waals surface area contributed by atoms with E-state index < -0.39 is 36.3 Å². The molecule has 188 valence electrons. The molecule has 7 nitrogen and oxygen atoms in total. The van der Waals surface area contributed by atoms with Gasteiger partial charge in [0.05, 0.1) is 13.2 Å². The summed E-state index contributed by atoms with van der Waals surface area (Å²) >= 11 is 6.64. The summed E-state index contributed by atoms with van der Waals surface area (Å²) in [5.41, 5.74) is 2.50. The maximum absolute atomic E-state index is 11.1. The summed E-state index contributed by atoms with van der Waals surface area (Å²) in [6, 6.07) is 11.4. The molecular weight excluding hydrogens is 472 g/mol. The molecule has 5 rings (SSSR count). The van der Waals surface area contributed by atoms with E-state index in [-0.39, 0.29) is 6.61 Å². The van der Waals surface area contributed by atoms with Crippen molar-refractivity contribution in [3.8, 4) is 11.5 Å². The van der Waals surface area contributed by atoms with Crippen LogP contribution in [-0.4, -0.2) is 60.2 Å². The van der Waals surface area contributed by atoms with Crippen molar-refractivity contribution in [2.24, 2.45) is 0 Å². The Labute approximate surface area is 210 Å². The van der Waals surface area contributed by atoms with Crippen LogP contribution in [0.3, 0.4) is 0 Å². The molecule has 2 aromatic carbocycles. The lowest BCUT2D eigenvalue weighted by molar-refractivity contribution is -0.338. The highest BCUT2D eigenvalue weighted by Gasteiger charge is 2.58. The number of hydrogen-bond acceptors (Lipinski definition) is 7. The molecule has 2 saturated heterocycles. The predicted molar refractivity (Wildman–Crippen MR) is 130 cm³/mol. The number of halogens is 1. The average molecular weight is 503 g/mol. The number of ether oxygens (including phenoxy) is 5. The Morgan fingerprint density at radius 2 is 1.91 bits per heavy atom. The first-order valence-electron chi connectivity index (χ1n) is 12.0. The van der Waals surface area contributed by atoms with Crippen molar-refractivity contribution in [2.75, 3.05) is 19.8 Å². The Hall–Kier alpha value is -2.13. The van der Waals surface area contributed by atoms with E-state index in [1.165, 1.54) is 0 Å².